The number of anilines is 2. The van der Waals surface area contributed by atoms with Crippen molar-refractivity contribution in [2.75, 3.05) is 69.2 Å². The minimum atomic E-state index is 0.0585. The molecule has 2 fully saturated rings. The number of piperazine rings is 2. The quantitative estimate of drug-likeness (QED) is 0.793. The zero-order chi connectivity index (χ0) is 19.5. The van der Waals surface area contributed by atoms with Gasteiger partial charge in [0.25, 0.3) is 5.91 Å². The predicted molar refractivity (Wildman–Crippen MR) is 114 cm³/mol. The molecule has 148 valence electrons. The topological polar surface area (TPSA) is 42.9 Å². The Hall–Kier alpha value is -2.31. The molecule has 0 N–H and O–H groups in total. The fourth-order valence-corrected chi connectivity index (χ4v) is 3.94. The Morgan fingerprint density at radius 3 is 2.29 bits per heavy atom. The van der Waals surface area contributed by atoms with Gasteiger partial charge in [0.05, 0.1) is 5.56 Å². The Labute approximate surface area is 171 Å². The van der Waals surface area contributed by atoms with E-state index in [0.717, 1.165) is 55.8 Å². The van der Waals surface area contributed by atoms with Crippen LogP contribution >= 0.6 is 11.6 Å². The van der Waals surface area contributed by atoms with E-state index in [0.29, 0.717) is 18.7 Å². The van der Waals surface area contributed by atoms with Crippen molar-refractivity contribution >= 4 is 29.0 Å². The number of halogens is 1. The molecule has 0 atom stereocenters. The monoisotopic (exact) mass is 399 g/mol. The average molecular weight is 400 g/mol. The van der Waals surface area contributed by atoms with Gasteiger partial charge in [0, 0.05) is 69.3 Å². The van der Waals surface area contributed by atoms with Crippen LogP contribution < -0.4 is 9.80 Å². The highest BCUT2D eigenvalue weighted by Crippen LogP contribution is 2.21. The van der Waals surface area contributed by atoms with E-state index < -0.39 is 0 Å². The van der Waals surface area contributed by atoms with E-state index in [1.807, 2.05) is 35.2 Å². The third-order valence-corrected chi connectivity index (χ3v) is 5.80. The summed E-state index contributed by atoms with van der Waals surface area (Å²) >= 11 is 6.10. The van der Waals surface area contributed by atoms with Gasteiger partial charge in [0.1, 0.15) is 5.82 Å². The molecule has 0 aliphatic carbocycles. The summed E-state index contributed by atoms with van der Waals surface area (Å²) in [5.74, 6) is 1.01. The second-order valence-corrected chi connectivity index (χ2v) is 7.89. The fraction of sp³-hybridized carbons (Fsp3) is 0.429. The number of benzene rings is 1. The number of rotatable bonds is 3. The summed E-state index contributed by atoms with van der Waals surface area (Å²) < 4.78 is 0. The van der Waals surface area contributed by atoms with Crippen molar-refractivity contribution in [3.05, 3.63) is 53.2 Å². The lowest BCUT2D eigenvalue weighted by molar-refractivity contribution is 0.0746. The largest absolute Gasteiger partial charge is 0.368 e. The lowest BCUT2D eigenvalue weighted by atomic mass is 10.2. The molecular weight excluding hydrogens is 374 g/mol. The second-order valence-electron chi connectivity index (χ2n) is 7.45. The molecule has 1 aromatic carbocycles. The Morgan fingerprint density at radius 1 is 0.929 bits per heavy atom. The number of aromatic nitrogens is 1. The van der Waals surface area contributed by atoms with Crippen LogP contribution in [0, 0.1) is 0 Å². The lowest BCUT2D eigenvalue weighted by Crippen LogP contribution is -2.48. The molecule has 1 aromatic heterocycles. The van der Waals surface area contributed by atoms with Crippen molar-refractivity contribution < 1.29 is 4.79 Å². The van der Waals surface area contributed by atoms with Gasteiger partial charge in [0.15, 0.2) is 0 Å². The van der Waals surface area contributed by atoms with Crippen LogP contribution in [0.5, 0.6) is 0 Å². The number of hydrogen-bond donors (Lipinski definition) is 0. The van der Waals surface area contributed by atoms with E-state index in [1.54, 1.807) is 6.20 Å². The van der Waals surface area contributed by atoms with Crippen molar-refractivity contribution in [3.8, 4) is 0 Å². The number of hydrogen-bond acceptors (Lipinski definition) is 5. The Kier molecular flexibility index (Phi) is 5.69. The SMILES string of the molecule is CN1CCN(c2ccc(C(=O)N3CCN(c4cccc(Cl)c4)CC3)cn2)CC1. The van der Waals surface area contributed by atoms with Gasteiger partial charge in [-0.25, -0.2) is 4.98 Å². The van der Waals surface area contributed by atoms with Crippen molar-refractivity contribution in [3.63, 3.8) is 0 Å². The third-order valence-electron chi connectivity index (χ3n) is 5.56. The summed E-state index contributed by atoms with van der Waals surface area (Å²) in [6.45, 7) is 7.04. The van der Waals surface area contributed by atoms with Crippen molar-refractivity contribution in [1.82, 2.24) is 14.8 Å². The second kappa shape index (κ2) is 8.37. The molecule has 0 radical (unpaired) electrons. The normalized spacial score (nSPS) is 18.4. The first kappa shape index (κ1) is 19.0. The van der Waals surface area contributed by atoms with Crippen LogP contribution in [0.15, 0.2) is 42.6 Å². The van der Waals surface area contributed by atoms with Gasteiger partial charge in [-0.3, -0.25) is 4.79 Å². The first-order valence-electron chi connectivity index (χ1n) is 9.79. The maximum absolute atomic E-state index is 12.9. The molecule has 0 bridgehead atoms. The van der Waals surface area contributed by atoms with Gasteiger partial charge in [-0.2, -0.15) is 0 Å². The minimum Gasteiger partial charge on any atom is -0.368 e. The van der Waals surface area contributed by atoms with Gasteiger partial charge in [-0.15, -0.1) is 0 Å². The molecule has 1 amide bonds. The van der Waals surface area contributed by atoms with Crippen LogP contribution in [0.4, 0.5) is 11.5 Å². The van der Waals surface area contributed by atoms with E-state index in [9.17, 15) is 4.79 Å². The van der Waals surface area contributed by atoms with Crippen LogP contribution in [-0.4, -0.2) is 80.1 Å². The highest BCUT2D eigenvalue weighted by Gasteiger charge is 2.23. The fourth-order valence-electron chi connectivity index (χ4n) is 3.76. The molecule has 2 aromatic rings. The van der Waals surface area contributed by atoms with Gasteiger partial charge >= 0.3 is 0 Å². The number of carbonyl (C=O) groups is 1. The van der Waals surface area contributed by atoms with Crippen molar-refractivity contribution in [2.24, 2.45) is 0 Å². The average Bonchev–Trinajstić information content (AvgIpc) is 2.74. The lowest BCUT2D eigenvalue weighted by Gasteiger charge is -2.36. The summed E-state index contributed by atoms with van der Waals surface area (Å²) in [6.07, 6.45) is 1.72. The van der Waals surface area contributed by atoms with Crippen LogP contribution in [-0.2, 0) is 0 Å². The zero-order valence-corrected chi connectivity index (χ0v) is 17.0. The summed E-state index contributed by atoms with van der Waals surface area (Å²) in [7, 11) is 2.14. The number of likely N-dealkylation sites (N-methyl/N-ethyl adjacent to an activating group) is 1. The summed E-state index contributed by atoms with van der Waals surface area (Å²) in [4.78, 5) is 26.2. The van der Waals surface area contributed by atoms with Crippen molar-refractivity contribution in [2.45, 2.75) is 0 Å². The first-order valence-corrected chi connectivity index (χ1v) is 10.2. The number of amides is 1. The standard InChI is InChI=1S/C21H26ClN5O/c1-24-7-9-26(10-8-24)20-6-5-17(16-23-20)21(28)27-13-11-25(12-14-27)19-4-2-3-18(22)15-19/h2-6,15-16H,7-14H2,1H3. The zero-order valence-electron chi connectivity index (χ0n) is 16.2. The highest BCUT2D eigenvalue weighted by atomic mass is 35.5. The van der Waals surface area contributed by atoms with Crippen LogP contribution in [0.1, 0.15) is 10.4 Å². The Morgan fingerprint density at radius 2 is 1.64 bits per heavy atom. The number of carbonyl (C=O) groups excluding carboxylic acids is 1. The smallest absolute Gasteiger partial charge is 0.255 e. The highest BCUT2D eigenvalue weighted by molar-refractivity contribution is 6.30. The van der Waals surface area contributed by atoms with Crippen LogP contribution in [0.25, 0.3) is 0 Å². The van der Waals surface area contributed by atoms with Gasteiger partial charge in [-0.05, 0) is 37.4 Å². The molecule has 0 unspecified atom stereocenters. The van der Waals surface area contributed by atoms with Gasteiger partial charge in [-0.1, -0.05) is 17.7 Å². The molecule has 7 heteroatoms. The Bertz CT molecular complexity index is 812. The summed E-state index contributed by atoms with van der Waals surface area (Å²) in [5.41, 5.74) is 1.77. The van der Waals surface area contributed by atoms with E-state index in [4.69, 9.17) is 11.6 Å². The number of nitrogens with zero attached hydrogens (tertiary/aromatic N) is 5. The minimum absolute atomic E-state index is 0.0585. The van der Waals surface area contributed by atoms with E-state index in [1.165, 1.54) is 0 Å². The molecule has 2 aliphatic rings. The van der Waals surface area contributed by atoms with Gasteiger partial charge in [0.2, 0.25) is 0 Å². The van der Waals surface area contributed by atoms with Gasteiger partial charge < -0.3 is 19.6 Å². The Balaban J connectivity index is 1.35. The third kappa shape index (κ3) is 4.23. The molecule has 0 saturated carbocycles. The summed E-state index contributed by atoms with van der Waals surface area (Å²) in [5, 5.41) is 0.738. The molecule has 0 spiro atoms. The van der Waals surface area contributed by atoms with Crippen molar-refractivity contribution in [1.29, 1.82) is 0 Å². The molecule has 6 nitrogen and oxygen atoms in total. The molecule has 28 heavy (non-hydrogen) atoms. The summed E-state index contributed by atoms with van der Waals surface area (Å²) in [6, 6.07) is 11.8. The molecule has 4 rings (SSSR count). The van der Waals surface area contributed by atoms with Crippen LogP contribution in [0.3, 0.4) is 0 Å². The number of pyridine rings is 1. The molecule has 2 saturated heterocycles. The first-order chi connectivity index (χ1) is 13.6. The van der Waals surface area contributed by atoms with Crippen LogP contribution in [0.2, 0.25) is 5.02 Å². The van der Waals surface area contributed by atoms with E-state index in [2.05, 4.69) is 32.8 Å². The molecule has 3 heterocycles. The molecule has 2 aliphatic heterocycles. The molecular formula is C21H26ClN5O. The maximum Gasteiger partial charge on any atom is 0.255 e. The maximum atomic E-state index is 12.9. The predicted octanol–water partition coefficient (Wildman–Crippen LogP) is 2.45. The van der Waals surface area contributed by atoms with E-state index >= 15 is 0 Å². The van der Waals surface area contributed by atoms with E-state index in [-0.39, 0.29) is 5.91 Å².